The number of aromatic nitrogens is 4. The molecule has 0 saturated heterocycles. The summed E-state index contributed by atoms with van der Waals surface area (Å²) in [6, 6.07) is 8.04. The van der Waals surface area contributed by atoms with Crippen LogP contribution in [0.25, 0.3) is 16.7 Å². The summed E-state index contributed by atoms with van der Waals surface area (Å²) in [6.07, 6.45) is 3.78. The summed E-state index contributed by atoms with van der Waals surface area (Å²) in [7, 11) is 0. The van der Waals surface area contributed by atoms with Gasteiger partial charge in [-0.25, -0.2) is 14.6 Å². The fourth-order valence-corrected chi connectivity index (χ4v) is 2.51. The average molecular weight is 291 g/mol. The van der Waals surface area contributed by atoms with Crippen molar-refractivity contribution < 1.29 is 0 Å². The third-order valence-electron chi connectivity index (χ3n) is 2.86. The molecule has 19 heavy (non-hydrogen) atoms. The van der Waals surface area contributed by atoms with Gasteiger partial charge < -0.3 is 0 Å². The first-order chi connectivity index (χ1) is 9.19. The maximum Gasteiger partial charge on any atom is 0.190 e. The van der Waals surface area contributed by atoms with Crippen LogP contribution in [-0.4, -0.2) is 26.0 Å². The van der Waals surface area contributed by atoms with Crippen molar-refractivity contribution in [2.24, 2.45) is 0 Å². The number of fused-ring (bicyclic) bond motifs is 1. The Morgan fingerprint density at radius 1 is 1.21 bits per heavy atom. The lowest BCUT2D eigenvalue weighted by atomic mass is 10.2. The number of rotatable bonds is 2. The van der Waals surface area contributed by atoms with E-state index >= 15 is 0 Å². The fourth-order valence-electron chi connectivity index (χ4n) is 1.89. The average Bonchev–Trinajstić information content (AvgIpc) is 2.83. The van der Waals surface area contributed by atoms with Gasteiger partial charge >= 0.3 is 0 Å². The Balaban J connectivity index is 2.22. The summed E-state index contributed by atoms with van der Waals surface area (Å²) in [5.74, 6) is 0. The van der Waals surface area contributed by atoms with Gasteiger partial charge in [-0.15, -0.1) is 5.10 Å². The quantitative estimate of drug-likeness (QED) is 0.412. The molecule has 0 N–H and O–H groups in total. The summed E-state index contributed by atoms with van der Waals surface area (Å²) < 4.78 is 1.80. The van der Waals surface area contributed by atoms with Gasteiger partial charge in [0.15, 0.2) is 10.8 Å². The van der Waals surface area contributed by atoms with Crippen LogP contribution in [0.5, 0.6) is 0 Å². The number of nitrogens with zero attached hydrogens (tertiary/aromatic N) is 4. The molecule has 2 aromatic heterocycles. The molecule has 0 spiro atoms. The molecule has 4 nitrogen and oxygen atoms in total. The molecule has 2 heterocycles. The number of halogens is 1. The van der Waals surface area contributed by atoms with Gasteiger partial charge in [0, 0.05) is 6.20 Å². The van der Waals surface area contributed by atoms with Gasteiger partial charge in [-0.2, -0.15) is 0 Å². The summed E-state index contributed by atoms with van der Waals surface area (Å²) in [4.78, 5) is 8.58. The molecule has 0 radical (unpaired) electrons. The zero-order valence-corrected chi connectivity index (χ0v) is 12.0. The highest BCUT2D eigenvalue weighted by atomic mass is 35.5. The summed E-state index contributed by atoms with van der Waals surface area (Å²) in [5, 5.41) is 6.32. The number of thioether (sulfide) groups is 1. The minimum atomic E-state index is 0.439. The van der Waals surface area contributed by atoms with Crippen LogP contribution < -0.4 is 0 Å². The van der Waals surface area contributed by atoms with E-state index in [1.54, 1.807) is 4.68 Å². The first-order valence-electron chi connectivity index (χ1n) is 5.72. The smallest absolute Gasteiger partial charge is 0.190 e. The highest BCUT2D eigenvalue weighted by Gasteiger charge is 2.11. The Hall–Kier alpha value is -1.59. The number of hydrogen-bond donors (Lipinski definition) is 0. The standard InChI is InChI=1S/C13H11ClN4S/c1-8-5-3-4-6-10(8)18-7-9-11(14)15-13(19-2)16-12(9)17-18/h3-7H,1-2H3. The molecular weight excluding hydrogens is 280 g/mol. The highest BCUT2D eigenvalue weighted by molar-refractivity contribution is 7.98. The van der Waals surface area contributed by atoms with Crippen LogP contribution >= 0.6 is 23.4 Å². The Morgan fingerprint density at radius 2 is 2.00 bits per heavy atom. The molecule has 1 aromatic carbocycles. The SMILES string of the molecule is CSc1nc(Cl)c2cn(-c3ccccc3C)nc2n1. The summed E-state index contributed by atoms with van der Waals surface area (Å²) in [5.41, 5.74) is 2.78. The van der Waals surface area contributed by atoms with E-state index < -0.39 is 0 Å². The minimum absolute atomic E-state index is 0.439. The van der Waals surface area contributed by atoms with Crippen LogP contribution in [0.4, 0.5) is 0 Å². The van der Waals surface area contributed by atoms with Crippen LogP contribution in [0.1, 0.15) is 5.56 Å². The van der Waals surface area contributed by atoms with Crippen LogP contribution in [0.3, 0.4) is 0 Å². The Bertz CT molecular complexity index is 753. The molecule has 0 bridgehead atoms. The minimum Gasteiger partial charge on any atom is -0.238 e. The third kappa shape index (κ3) is 2.19. The largest absolute Gasteiger partial charge is 0.238 e. The lowest BCUT2D eigenvalue weighted by molar-refractivity contribution is 0.874. The van der Waals surface area contributed by atoms with Crippen LogP contribution in [0, 0.1) is 6.92 Å². The summed E-state index contributed by atoms with van der Waals surface area (Å²) >= 11 is 7.61. The van der Waals surface area contributed by atoms with Crippen molar-refractivity contribution in [2.45, 2.75) is 12.1 Å². The monoisotopic (exact) mass is 290 g/mol. The second-order valence-electron chi connectivity index (χ2n) is 4.10. The second kappa shape index (κ2) is 4.83. The van der Waals surface area contributed by atoms with Crippen LogP contribution in [0.2, 0.25) is 5.15 Å². The van der Waals surface area contributed by atoms with E-state index in [0.717, 1.165) is 16.6 Å². The Kier molecular flexibility index (Phi) is 3.16. The van der Waals surface area contributed by atoms with Crippen molar-refractivity contribution >= 4 is 34.4 Å². The molecule has 0 unspecified atom stereocenters. The van der Waals surface area contributed by atoms with E-state index in [0.29, 0.717) is 16.0 Å². The van der Waals surface area contributed by atoms with Gasteiger partial charge in [-0.05, 0) is 24.8 Å². The molecule has 0 aliphatic carbocycles. The fraction of sp³-hybridized carbons (Fsp3) is 0.154. The predicted molar refractivity (Wildman–Crippen MR) is 78.2 cm³/mol. The molecule has 0 amide bonds. The Labute approximate surface area is 119 Å². The van der Waals surface area contributed by atoms with E-state index in [2.05, 4.69) is 15.1 Å². The van der Waals surface area contributed by atoms with Gasteiger partial charge in [0.25, 0.3) is 0 Å². The maximum atomic E-state index is 6.16. The van der Waals surface area contributed by atoms with Crippen molar-refractivity contribution in [2.75, 3.05) is 6.26 Å². The lowest BCUT2D eigenvalue weighted by Crippen LogP contribution is -1.96. The van der Waals surface area contributed by atoms with Crippen molar-refractivity contribution in [3.05, 3.63) is 41.2 Å². The van der Waals surface area contributed by atoms with E-state index in [1.807, 2.05) is 43.6 Å². The molecule has 0 fully saturated rings. The second-order valence-corrected chi connectivity index (χ2v) is 5.23. The molecule has 96 valence electrons. The van der Waals surface area contributed by atoms with E-state index in [4.69, 9.17) is 11.6 Å². The maximum absolute atomic E-state index is 6.16. The van der Waals surface area contributed by atoms with Crippen molar-refractivity contribution in [1.82, 2.24) is 19.7 Å². The number of hydrogen-bond acceptors (Lipinski definition) is 4. The van der Waals surface area contributed by atoms with E-state index in [1.165, 1.54) is 11.8 Å². The predicted octanol–water partition coefficient (Wildman–Crippen LogP) is 3.50. The van der Waals surface area contributed by atoms with Crippen LogP contribution in [0.15, 0.2) is 35.6 Å². The highest BCUT2D eigenvalue weighted by Crippen LogP contribution is 2.24. The van der Waals surface area contributed by atoms with Crippen molar-refractivity contribution in [1.29, 1.82) is 0 Å². The molecule has 0 aliphatic heterocycles. The van der Waals surface area contributed by atoms with Gasteiger partial charge in [0.05, 0.1) is 11.1 Å². The van der Waals surface area contributed by atoms with Gasteiger partial charge in [-0.3, -0.25) is 0 Å². The molecular formula is C13H11ClN4S. The molecule has 0 saturated carbocycles. The van der Waals surface area contributed by atoms with Crippen molar-refractivity contribution in [3.8, 4) is 5.69 Å². The number of aryl methyl sites for hydroxylation is 1. The lowest BCUT2D eigenvalue weighted by Gasteiger charge is -2.03. The molecule has 0 aliphatic rings. The molecule has 6 heteroatoms. The molecule has 0 atom stereocenters. The zero-order chi connectivity index (χ0) is 13.4. The normalized spacial score (nSPS) is 11.1. The number of benzene rings is 1. The van der Waals surface area contributed by atoms with E-state index in [-0.39, 0.29) is 0 Å². The van der Waals surface area contributed by atoms with Crippen molar-refractivity contribution in [3.63, 3.8) is 0 Å². The Morgan fingerprint density at radius 3 is 2.74 bits per heavy atom. The van der Waals surface area contributed by atoms with Gasteiger partial charge in [0.1, 0.15) is 5.15 Å². The molecule has 3 aromatic rings. The topological polar surface area (TPSA) is 43.6 Å². The van der Waals surface area contributed by atoms with Gasteiger partial charge in [0.2, 0.25) is 0 Å². The first kappa shape index (κ1) is 12.4. The van der Waals surface area contributed by atoms with Crippen LogP contribution in [-0.2, 0) is 0 Å². The van der Waals surface area contributed by atoms with E-state index in [9.17, 15) is 0 Å². The third-order valence-corrected chi connectivity index (χ3v) is 3.69. The molecule has 3 rings (SSSR count). The summed E-state index contributed by atoms with van der Waals surface area (Å²) in [6.45, 7) is 2.04. The number of para-hydroxylation sites is 1. The zero-order valence-electron chi connectivity index (χ0n) is 10.5. The van der Waals surface area contributed by atoms with Gasteiger partial charge in [-0.1, -0.05) is 41.6 Å². The first-order valence-corrected chi connectivity index (χ1v) is 7.32.